The molecule has 1 amide bonds. The van der Waals surface area contributed by atoms with Crippen LogP contribution >= 0.6 is 0 Å². The van der Waals surface area contributed by atoms with Gasteiger partial charge in [-0.2, -0.15) is 0 Å². The fraction of sp³-hybridized carbons (Fsp3) is 0.500. The third kappa shape index (κ3) is 3.45. The summed E-state index contributed by atoms with van der Waals surface area (Å²) in [5, 5.41) is 3.28. The van der Waals surface area contributed by atoms with Crippen molar-refractivity contribution in [3.63, 3.8) is 0 Å². The van der Waals surface area contributed by atoms with E-state index in [1.165, 1.54) is 0 Å². The molecule has 0 aliphatic carbocycles. The zero-order chi connectivity index (χ0) is 13.7. The SMILES string of the molecule is COC1CNCCC1C(OC(N)=O)c1ccccc1. The molecule has 104 valence electrons. The number of carbonyl (C=O) groups is 1. The largest absolute Gasteiger partial charge is 0.441 e. The van der Waals surface area contributed by atoms with E-state index in [2.05, 4.69) is 5.32 Å². The summed E-state index contributed by atoms with van der Waals surface area (Å²) in [6.45, 7) is 1.64. The Labute approximate surface area is 113 Å². The van der Waals surface area contributed by atoms with Crippen molar-refractivity contribution in [2.24, 2.45) is 11.7 Å². The Morgan fingerprint density at radius 3 is 2.79 bits per heavy atom. The molecule has 1 heterocycles. The predicted molar refractivity (Wildman–Crippen MR) is 71.6 cm³/mol. The smallest absolute Gasteiger partial charge is 0.405 e. The minimum absolute atomic E-state index is 0.0123. The quantitative estimate of drug-likeness (QED) is 0.863. The van der Waals surface area contributed by atoms with Gasteiger partial charge in [-0.1, -0.05) is 30.3 Å². The third-order valence-corrected chi connectivity index (χ3v) is 3.54. The van der Waals surface area contributed by atoms with E-state index >= 15 is 0 Å². The van der Waals surface area contributed by atoms with E-state index in [0.29, 0.717) is 0 Å². The molecule has 3 unspecified atom stereocenters. The van der Waals surface area contributed by atoms with Gasteiger partial charge in [-0.15, -0.1) is 0 Å². The van der Waals surface area contributed by atoms with Crippen LogP contribution < -0.4 is 11.1 Å². The van der Waals surface area contributed by atoms with Crippen LogP contribution in [0.1, 0.15) is 18.1 Å². The van der Waals surface area contributed by atoms with Gasteiger partial charge in [0.05, 0.1) is 6.10 Å². The Balaban J connectivity index is 2.23. The molecule has 19 heavy (non-hydrogen) atoms. The molecule has 3 N–H and O–H groups in total. The summed E-state index contributed by atoms with van der Waals surface area (Å²) in [4.78, 5) is 11.2. The maximum absolute atomic E-state index is 11.2. The standard InChI is InChI=1S/C14H20N2O3/c1-18-12-9-16-8-7-11(12)13(19-14(15)17)10-5-3-2-4-6-10/h2-6,11-13,16H,7-9H2,1H3,(H2,15,17). The first-order valence-electron chi connectivity index (χ1n) is 6.47. The second kappa shape index (κ2) is 6.54. The number of piperidine rings is 1. The van der Waals surface area contributed by atoms with Gasteiger partial charge in [0.25, 0.3) is 0 Å². The molecule has 2 rings (SSSR count). The number of nitrogens with one attached hydrogen (secondary N) is 1. The fourth-order valence-corrected chi connectivity index (χ4v) is 2.63. The lowest BCUT2D eigenvalue weighted by molar-refractivity contribution is -0.0347. The van der Waals surface area contributed by atoms with Crippen molar-refractivity contribution in [2.45, 2.75) is 18.6 Å². The number of primary amides is 1. The number of hydrogen-bond donors (Lipinski definition) is 2. The molecule has 3 atom stereocenters. The van der Waals surface area contributed by atoms with Gasteiger partial charge in [0.15, 0.2) is 0 Å². The van der Waals surface area contributed by atoms with E-state index in [-0.39, 0.29) is 18.1 Å². The number of rotatable bonds is 4. The zero-order valence-electron chi connectivity index (χ0n) is 11.0. The summed E-state index contributed by atoms with van der Waals surface area (Å²) < 4.78 is 10.8. The molecule has 0 spiro atoms. The van der Waals surface area contributed by atoms with Crippen molar-refractivity contribution in [3.8, 4) is 0 Å². The maximum Gasteiger partial charge on any atom is 0.405 e. The second-order valence-electron chi connectivity index (χ2n) is 4.70. The number of amides is 1. The summed E-state index contributed by atoms with van der Waals surface area (Å²) in [5.41, 5.74) is 6.16. The highest BCUT2D eigenvalue weighted by atomic mass is 16.6. The third-order valence-electron chi connectivity index (χ3n) is 3.54. The van der Waals surface area contributed by atoms with Crippen molar-refractivity contribution < 1.29 is 14.3 Å². The number of benzene rings is 1. The van der Waals surface area contributed by atoms with Crippen LogP contribution in [-0.2, 0) is 9.47 Å². The Kier molecular flexibility index (Phi) is 4.76. The van der Waals surface area contributed by atoms with Crippen LogP contribution in [0.3, 0.4) is 0 Å². The van der Waals surface area contributed by atoms with Crippen molar-refractivity contribution in [1.29, 1.82) is 0 Å². The molecule has 1 aliphatic rings. The van der Waals surface area contributed by atoms with Crippen molar-refractivity contribution in [3.05, 3.63) is 35.9 Å². The average Bonchev–Trinajstić information content (AvgIpc) is 2.45. The van der Waals surface area contributed by atoms with Gasteiger partial charge < -0.3 is 20.5 Å². The van der Waals surface area contributed by atoms with Gasteiger partial charge in [-0.05, 0) is 18.5 Å². The van der Waals surface area contributed by atoms with Crippen LogP contribution in [0.5, 0.6) is 0 Å². The lowest BCUT2D eigenvalue weighted by Crippen LogP contribution is -2.45. The molecule has 0 saturated carbocycles. The van der Waals surface area contributed by atoms with Crippen LogP contribution in [0, 0.1) is 5.92 Å². The molecular formula is C14H20N2O3. The molecule has 1 aromatic rings. The van der Waals surface area contributed by atoms with Crippen LogP contribution in [0.25, 0.3) is 0 Å². The molecule has 5 nitrogen and oxygen atoms in total. The Bertz CT molecular complexity index is 410. The van der Waals surface area contributed by atoms with Crippen molar-refractivity contribution in [1.82, 2.24) is 5.32 Å². The van der Waals surface area contributed by atoms with Gasteiger partial charge in [0, 0.05) is 19.6 Å². The Morgan fingerprint density at radius 2 is 2.16 bits per heavy atom. The van der Waals surface area contributed by atoms with Crippen LogP contribution in [0.4, 0.5) is 4.79 Å². The summed E-state index contributed by atoms with van der Waals surface area (Å²) in [5.74, 6) is 0.112. The number of carbonyl (C=O) groups excluding carboxylic acids is 1. The lowest BCUT2D eigenvalue weighted by Gasteiger charge is -2.36. The molecule has 1 aliphatic heterocycles. The van der Waals surface area contributed by atoms with E-state index in [9.17, 15) is 4.79 Å². The highest BCUT2D eigenvalue weighted by Gasteiger charge is 2.35. The number of ether oxygens (including phenoxy) is 2. The topological polar surface area (TPSA) is 73.6 Å². The van der Waals surface area contributed by atoms with Gasteiger partial charge in [-0.25, -0.2) is 4.79 Å². The summed E-state index contributed by atoms with van der Waals surface area (Å²) >= 11 is 0. The molecule has 0 radical (unpaired) electrons. The first-order valence-corrected chi connectivity index (χ1v) is 6.47. The molecule has 1 aromatic carbocycles. The van der Waals surface area contributed by atoms with Gasteiger partial charge in [-0.3, -0.25) is 0 Å². The highest BCUT2D eigenvalue weighted by Crippen LogP contribution is 2.33. The normalized spacial score (nSPS) is 24.7. The number of hydrogen-bond acceptors (Lipinski definition) is 4. The molecule has 0 aromatic heterocycles. The summed E-state index contributed by atoms with van der Waals surface area (Å²) in [6, 6.07) is 9.68. The van der Waals surface area contributed by atoms with Gasteiger partial charge in [0.2, 0.25) is 0 Å². The lowest BCUT2D eigenvalue weighted by atomic mass is 9.85. The zero-order valence-corrected chi connectivity index (χ0v) is 11.0. The maximum atomic E-state index is 11.2. The summed E-state index contributed by atoms with van der Waals surface area (Å²) in [6.07, 6.45) is -0.211. The Morgan fingerprint density at radius 1 is 1.42 bits per heavy atom. The van der Waals surface area contributed by atoms with E-state index in [1.54, 1.807) is 7.11 Å². The second-order valence-corrected chi connectivity index (χ2v) is 4.70. The number of nitrogens with two attached hydrogens (primary N) is 1. The highest BCUT2D eigenvalue weighted by molar-refractivity contribution is 5.65. The monoisotopic (exact) mass is 264 g/mol. The van der Waals surface area contributed by atoms with Gasteiger partial charge >= 0.3 is 6.09 Å². The average molecular weight is 264 g/mol. The summed E-state index contributed by atoms with van der Waals surface area (Å²) in [7, 11) is 1.68. The molecule has 1 saturated heterocycles. The van der Waals surface area contributed by atoms with Crippen LogP contribution in [0.15, 0.2) is 30.3 Å². The Hall–Kier alpha value is -1.59. The van der Waals surface area contributed by atoms with Crippen LogP contribution in [-0.4, -0.2) is 32.4 Å². The van der Waals surface area contributed by atoms with Gasteiger partial charge in [0.1, 0.15) is 6.10 Å². The fourth-order valence-electron chi connectivity index (χ4n) is 2.63. The minimum atomic E-state index is -0.748. The van der Waals surface area contributed by atoms with E-state index in [0.717, 1.165) is 25.1 Å². The molecule has 1 fully saturated rings. The number of methoxy groups -OCH3 is 1. The molecular weight excluding hydrogens is 244 g/mol. The first-order chi connectivity index (χ1) is 9.22. The van der Waals surface area contributed by atoms with E-state index in [4.69, 9.17) is 15.2 Å². The van der Waals surface area contributed by atoms with E-state index in [1.807, 2.05) is 30.3 Å². The van der Waals surface area contributed by atoms with Crippen LogP contribution in [0.2, 0.25) is 0 Å². The predicted octanol–water partition coefficient (Wildman–Crippen LogP) is 1.45. The van der Waals surface area contributed by atoms with Crippen molar-refractivity contribution >= 4 is 6.09 Å². The first kappa shape index (κ1) is 13.8. The minimum Gasteiger partial charge on any atom is -0.441 e. The molecule has 0 bridgehead atoms. The molecule has 5 heteroatoms. The van der Waals surface area contributed by atoms with Crippen molar-refractivity contribution in [2.75, 3.05) is 20.2 Å². The van der Waals surface area contributed by atoms with E-state index < -0.39 is 6.09 Å².